The molecular weight excluding hydrogens is 410 g/mol. The van der Waals surface area contributed by atoms with Crippen molar-refractivity contribution < 1.29 is 17.9 Å². The molecule has 3 rings (SSSR count). The van der Waals surface area contributed by atoms with Gasteiger partial charge in [0.25, 0.3) is 5.91 Å². The Labute approximate surface area is 186 Å². The van der Waals surface area contributed by atoms with Crippen LogP contribution in [0.15, 0.2) is 48.5 Å². The molecule has 0 radical (unpaired) electrons. The third-order valence-corrected chi connectivity index (χ3v) is 7.34. The molecule has 0 aromatic heterocycles. The third kappa shape index (κ3) is 6.33. The molecule has 1 amide bonds. The lowest BCUT2D eigenvalue weighted by Crippen LogP contribution is -2.40. The Morgan fingerprint density at radius 2 is 1.68 bits per heavy atom. The molecule has 1 atom stereocenters. The number of rotatable bonds is 8. The Hall–Kier alpha value is -2.34. The zero-order valence-corrected chi connectivity index (χ0v) is 19.7. The molecule has 1 saturated heterocycles. The number of ether oxygens (including phenoxy) is 1. The molecule has 1 heterocycles. The van der Waals surface area contributed by atoms with Crippen molar-refractivity contribution in [3.05, 3.63) is 65.2 Å². The van der Waals surface area contributed by atoms with Crippen molar-refractivity contribution >= 4 is 15.7 Å². The summed E-state index contributed by atoms with van der Waals surface area (Å²) >= 11 is 0. The van der Waals surface area contributed by atoms with Gasteiger partial charge in [0.15, 0.2) is 9.84 Å². The molecule has 0 saturated carbocycles. The van der Waals surface area contributed by atoms with Crippen LogP contribution in [0.1, 0.15) is 61.5 Å². The Bertz CT molecular complexity index is 979. The van der Waals surface area contributed by atoms with E-state index in [0.29, 0.717) is 37.0 Å². The highest BCUT2D eigenvalue weighted by Gasteiger charge is 2.35. The van der Waals surface area contributed by atoms with Gasteiger partial charge < -0.3 is 9.64 Å². The molecule has 0 bridgehead atoms. The summed E-state index contributed by atoms with van der Waals surface area (Å²) in [5.74, 6) is 1.59. The van der Waals surface area contributed by atoms with Crippen LogP contribution < -0.4 is 4.74 Å². The predicted molar refractivity (Wildman–Crippen MR) is 124 cm³/mol. The Morgan fingerprint density at radius 3 is 2.19 bits per heavy atom. The van der Waals surface area contributed by atoms with Crippen LogP contribution in [-0.2, 0) is 16.4 Å². The fraction of sp³-hybridized carbons (Fsp3) is 0.480. The van der Waals surface area contributed by atoms with Gasteiger partial charge in [-0.2, -0.15) is 0 Å². The highest BCUT2D eigenvalue weighted by Crippen LogP contribution is 2.24. The summed E-state index contributed by atoms with van der Waals surface area (Å²) in [4.78, 5) is 15.1. The van der Waals surface area contributed by atoms with Gasteiger partial charge in [0.2, 0.25) is 0 Å². The SMILES string of the molecule is CC(C)COc1ccc(C(=O)N(Cc2ccc(C(C)C)cc2)C2CCS(=O)(=O)C2)cc1. The van der Waals surface area contributed by atoms with Crippen LogP contribution in [0.3, 0.4) is 0 Å². The Morgan fingerprint density at radius 1 is 1.03 bits per heavy atom. The molecule has 6 heteroatoms. The van der Waals surface area contributed by atoms with E-state index < -0.39 is 9.84 Å². The number of hydrogen-bond acceptors (Lipinski definition) is 4. The maximum absolute atomic E-state index is 13.4. The first-order chi connectivity index (χ1) is 14.6. The summed E-state index contributed by atoms with van der Waals surface area (Å²) in [7, 11) is -3.10. The number of benzene rings is 2. The van der Waals surface area contributed by atoms with E-state index in [4.69, 9.17) is 4.74 Å². The lowest BCUT2D eigenvalue weighted by Gasteiger charge is -2.29. The van der Waals surface area contributed by atoms with Crippen LogP contribution in [0.4, 0.5) is 0 Å². The lowest BCUT2D eigenvalue weighted by atomic mass is 10.0. The highest BCUT2D eigenvalue weighted by atomic mass is 32.2. The van der Waals surface area contributed by atoms with Crippen molar-refractivity contribution in [3.8, 4) is 5.75 Å². The molecule has 31 heavy (non-hydrogen) atoms. The molecule has 0 spiro atoms. The van der Waals surface area contributed by atoms with Crippen LogP contribution in [-0.4, -0.2) is 43.4 Å². The van der Waals surface area contributed by atoms with Gasteiger partial charge >= 0.3 is 0 Å². The van der Waals surface area contributed by atoms with Crippen LogP contribution >= 0.6 is 0 Å². The van der Waals surface area contributed by atoms with Gasteiger partial charge in [0.1, 0.15) is 5.75 Å². The van der Waals surface area contributed by atoms with E-state index in [-0.39, 0.29) is 23.5 Å². The average molecular weight is 444 g/mol. The smallest absolute Gasteiger partial charge is 0.254 e. The number of carbonyl (C=O) groups is 1. The first-order valence-corrected chi connectivity index (χ1v) is 12.8. The van der Waals surface area contributed by atoms with E-state index in [1.807, 2.05) is 12.1 Å². The number of carbonyl (C=O) groups excluding carboxylic acids is 1. The molecule has 1 unspecified atom stereocenters. The standard InChI is InChI=1S/C25H33NO4S/c1-18(2)16-30-24-11-9-22(10-12-24)25(27)26(23-13-14-31(28,29)17-23)15-20-5-7-21(8-6-20)19(3)4/h5-12,18-19,23H,13-17H2,1-4H3. The zero-order valence-electron chi connectivity index (χ0n) is 18.9. The van der Waals surface area contributed by atoms with Crippen molar-refractivity contribution in [1.29, 1.82) is 0 Å². The van der Waals surface area contributed by atoms with Gasteiger partial charge in [-0.25, -0.2) is 8.42 Å². The van der Waals surface area contributed by atoms with E-state index in [9.17, 15) is 13.2 Å². The molecule has 1 fully saturated rings. The van der Waals surface area contributed by atoms with Gasteiger partial charge in [0.05, 0.1) is 18.1 Å². The Balaban J connectivity index is 1.81. The molecular formula is C25H33NO4S. The average Bonchev–Trinajstić information content (AvgIpc) is 3.10. The van der Waals surface area contributed by atoms with Gasteiger partial charge in [-0.15, -0.1) is 0 Å². The summed E-state index contributed by atoms with van der Waals surface area (Å²) < 4.78 is 29.9. The third-order valence-electron chi connectivity index (χ3n) is 5.59. The quantitative estimate of drug-likeness (QED) is 0.595. The van der Waals surface area contributed by atoms with Crippen LogP contribution in [0.25, 0.3) is 0 Å². The molecule has 0 N–H and O–H groups in total. The normalized spacial score (nSPS) is 17.8. The second-order valence-corrected chi connectivity index (χ2v) is 11.3. The molecule has 2 aromatic carbocycles. The fourth-order valence-electron chi connectivity index (χ4n) is 3.72. The monoisotopic (exact) mass is 443 g/mol. The van der Waals surface area contributed by atoms with E-state index in [2.05, 4.69) is 39.8 Å². The van der Waals surface area contributed by atoms with Crippen molar-refractivity contribution in [2.75, 3.05) is 18.1 Å². The maximum Gasteiger partial charge on any atom is 0.254 e. The first-order valence-electron chi connectivity index (χ1n) is 11.0. The van der Waals surface area contributed by atoms with E-state index >= 15 is 0 Å². The van der Waals surface area contributed by atoms with Crippen LogP contribution in [0, 0.1) is 5.92 Å². The summed E-state index contributed by atoms with van der Waals surface area (Å²) in [5.41, 5.74) is 2.78. The minimum atomic E-state index is -3.10. The van der Waals surface area contributed by atoms with Crippen molar-refractivity contribution in [2.24, 2.45) is 5.92 Å². The van der Waals surface area contributed by atoms with Crippen molar-refractivity contribution in [2.45, 2.75) is 52.6 Å². The number of sulfone groups is 1. The fourth-order valence-corrected chi connectivity index (χ4v) is 5.45. The van der Waals surface area contributed by atoms with E-state index in [0.717, 1.165) is 11.3 Å². The second kappa shape index (κ2) is 9.86. The van der Waals surface area contributed by atoms with Crippen LogP contribution in [0.5, 0.6) is 5.75 Å². The molecule has 1 aliphatic heterocycles. The largest absolute Gasteiger partial charge is 0.493 e. The summed E-state index contributed by atoms with van der Waals surface area (Å²) in [6.45, 7) is 9.46. The van der Waals surface area contributed by atoms with E-state index in [1.54, 1.807) is 29.2 Å². The summed E-state index contributed by atoms with van der Waals surface area (Å²) in [6, 6.07) is 15.0. The van der Waals surface area contributed by atoms with Crippen molar-refractivity contribution in [3.63, 3.8) is 0 Å². The second-order valence-electron chi connectivity index (χ2n) is 9.12. The van der Waals surface area contributed by atoms with Gasteiger partial charge in [-0.05, 0) is 53.6 Å². The Kier molecular flexibility index (Phi) is 7.42. The van der Waals surface area contributed by atoms with E-state index in [1.165, 1.54) is 5.56 Å². The molecule has 5 nitrogen and oxygen atoms in total. The van der Waals surface area contributed by atoms with Gasteiger partial charge in [-0.1, -0.05) is 52.0 Å². The minimum Gasteiger partial charge on any atom is -0.493 e. The topological polar surface area (TPSA) is 63.7 Å². The lowest BCUT2D eigenvalue weighted by molar-refractivity contribution is 0.0681. The molecule has 1 aliphatic rings. The maximum atomic E-state index is 13.4. The number of amides is 1. The minimum absolute atomic E-state index is 0.0262. The molecule has 0 aliphatic carbocycles. The summed E-state index contributed by atoms with van der Waals surface area (Å²) in [5, 5.41) is 0. The zero-order chi connectivity index (χ0) is 22.6. The molecule has 168 valence electrons. The molecule has 2 aromatic rings. The first kappa shape index (κ1) is 23.3. The van der Waals surface area contributed by atoms with Gasteiger partial charge in [0, 0.05) is 18.2 Å². The summed E-state index contributed by atoms with van der Waals surface area (Å²) in [6.07, 6.45) is 0.480. The van der Waals surface area contributed by atoms with Crippen molar-refractivity contribution in [1.82, 2.24) is 4.90 Å². The highest BCUT2D eigenvalue weighted by molar-refractivity contribution is 7.91. The van der Waals surface area contributed by atoms with Gasteiger partial charge in [-0.3, -0.25) is 4.79 Å². The van der Waals surface area contributed by atoms with Crippen LogP contribution in [0.2, 0.25) is 0 Å². The number of hydrogen-bond donors (Lipinski definition) is 0. The predicted octanol–water partition coefficient (Wildman–Crippen LogP) is 4.67. The number of nitrogens with zero attached hydrogens (tertiary/aromatic N) is 1.